The van der Waals surface area contributed by atoms with Gasteiger partial charge in [0.1, 0.15) is 16.5 Å². The first-order valence-electron chi connectivity index (χ1n) is 7.06. The average Bonchev–Trinajstić information content (AvgIpc) is 2.85. The second-order valence-electron chi connectivity index (χ2n) is 5.31. The zero-order chi connectivity index (χ0) is 15.1. The summed E-state index contributed by atoms with van der Waals surface area (Å²) in [4.78, 5) is 22.0. The molecule has 0 radical (unpaired) electrons. The molecule has 0 aliphatic carbocycles. The van der Waals surface area contributed by atoms with E-state index in [0.717, 1.165) is 33.7 Å². The van der Waals surface area contributed by atoms with Crippen LogP contribution < -0.4 is 5.56 Å². The van der Waals surface area contributed by atoms with Crippen LogP contribution in [0.4, 0.5) is 4.39 Å². The molecule has 3 aromatic rings. The number of rotatable bonds is 2. The average molecular weight is 332 g/mol. The van der Waals surface area contributed by atoms with Crippen molar-refractivity contribution in [1.82, 2.24) is 9.97 Å². The van der Waals surface area contributed by atoms with Crippen molar-refractivity contribution in [1.29, 1.82) is 0 Å². The number of fused-ring (bicyclic) bond motifs is 3. The number of halogens is 1. The van der Waals surface area contributed by atoms with E-state index in [2.05, 4.69) is 9.97 Å². The van der Waals surface area contributed by atoms with Crippen molar-refractivity contribution in [3.63, 3.8) is 0 Å². The molecule has 1 aliphatic heterocycles. The number of aromatic nitrogens is 2. The summed E-state index contributed by atoms with van der Waals surface area (Å²) in [6.07, 6.45) is 1.37. The molecule has 0 amide bonds. The van der Waals surface area contributed by atoms with Crippen molar-refractivity contribution in [2.75, 3.05) is 5.75 Å². The lowest BCUT2D eigenvalue weighted by molar-refractivity contribution is 0.626. The van der Waals surface area contributed by atoms with E-state index in [1.165, 1.54) is 22.6 Å². The smallest absolute Gasteiger partial charge is 0.259 e. The molecule has 3 heterocycles. The third-order valence-corrected chi connectivity index (χ3v) is 6.08. The van der Waals surface area contributed by atoms with Crippen LogP contribution in [0.25, 0.3) is 10.2 Å². The molecule has 6 heteroatoms. The van der Waals surface area contributed by atoms with E-state index < -0.39 is 0 Å². The molecule has 0 saturated heterocycles. The van der Waals surface area contributed by atoms with Gasteiger partial charge in [0.15, 0.2) is 0 Å². The molecular weight excluding hydrogens is 319 g/mol. The van der Waals surface area contributed by atoms with Crippen LogP contribution in [0.3, 0.4) is 0 Å². The highest BCUT2D eigenvalue weighted by molar-refractivity contribution is 7.98. The number of H-pyrrole nitrogens is 1. The molecule has 0 unspecified atom stereocenters. The highest BCUT2D eigenvalue weighted by Crippen LogP contribution is 2.35. The molecule has 0 fully saturated rings. The summed E-state index contributed by atoms with van der Waals surface area (Å²) in [7, 11) is 0. The third-order valence-electron chi connectivity index (χ3n) is 3.78. The number of hydrogen-bond donors (Lipinski definition) is 1. The van der Waals surface area contributed by atoms with Crippen molar-refractivity contribution < 1.29 is 4.39 Å². The molecule has 22 heavy (non-hydrogen) atoms. The van der Waals surface area contributed by atoms with Gasteiger partial charge in [-0.05, 0) is 35.4 Å². The van der Waals surface area contributed by atoms with Crippen LogP contribution in [-0.4, -0.2) is 15.7 Å². The first kappa shape index (κ1) is 14.0. The molecule has 1 aliphatic rings. The maximum absolute atomic E-state index is 13.3. The van der Waals surface area contributed by atoms with Gasteiger partial charge in [0.05, 0.1) is 5.39 Å². The molecule has 4 rings (SSSR count). The van der Waals surface area contributed by atoms with Crippen molar-refractivity contribution in [3.8, 4) is 0 Å². The van der Waals surface area contributed by atoms with E-state index in [4.69, 9.17) is 0 Å². The number of thioether (sulfide) groups is 1. The zero-order valence-electron chi connectivity index (χ0n) is 11.7. The number of hydrogen-bond acceptors (Lipinski definition) is 4. The van der Waals surface area contributed by atoms with Gasteiger partial charge in [0.2, 0.25) is 0 Å². The van der Waals surface area contributed by atoms with E-state index in [1.807, 2.05) is 17.8 Å². The molecule has 0 bridgehead atoms. The van der Waals surface area contributed by atoms with Gasteiger partial charge in [-0.2, -0.15) is 11.8 Å². The van der Waals surface area contributed by atoms with Crippen LogP contribution in [0, 0.1) is 5.82 Å². The van der Waals surface area contributed by atoms with E-state index in [9.17, 15) is 9.18 Å². The Hall–Kier alpha value is -1.66. The van der Waals surface area contributed by atoms with E-state index in [-0.39, 0.29) is 11.4 Å². The third kappa shape index (κ3) is 2.46. The van der Waals surface area contributed by atoms with Gasteiger partial charge in [-0.15, -0.1) is 11.3 Å². The Bertz CT molecular complexity index is 916. The fourth-order valence-corrected chi connectivity index (χ4v) is 5.17. The Labute approximate surface area is 134 Å². The van der Waals surface area contributed by atoms with E-state index in [1.54, 1.807) is 17.4 Å². The molecule has 3 nitrogen and oxygen atoms in total. The summed E-state index contributed by atoms with van der Waals surface area (Å²) in [5, 5.41) is 0.753. The van der Waals surface area contributed by atoms with Crippen molar-refractivity contribution >= 4 is 33.3 Å². The Kier molecular flexibility index (Phi) is 3.50. The summed E-state index contributed by atoms with van der Waals surface area (Å²) < 4.78 is 13.3. The molecule has 1 aromatic carbocycles. The van der Waals surface area contributed by atoms with Crippen molar-refractivity contribution in [2.45, 2.75) is 18.6 Å². The largest absolute Gasteiger partial charge is 0.310 e. The molecule has 1 N–H and O–H groups in total. The summed E-state index contributed by atoms with van der Waals surface area (Å²) in [6, 6.07) is 6.39. The second kappa shape index (κ2) is 5.52. The van der Waals surface area contributed by atoms with Crippen LogP contribution in [0.2, 0.25) is 0 Å². The predicted octanol–water partition coefficient (Wildman–Crippen LogP) is 3.50. The standard InChI is InChI=1S/C16H13FN2OS2/c17-10-3-1-2-9(6-10)7-13-18-15(20)14-11-4-5-21-8-12(11)22-16(14)19-13/h1-3,6H,4-5,7-8H2,(H,18,19,20). The van der Waals surface area contributed by atoms with Crippen LogP contribution >= 0.6 is 23.1 Å². The Morgan fingerprint density at radius 3 is 3.14 bits per heavy atom. The first-order valence-corrected chi connectivity index (χ1v) is 9.03. The van der Waals surface area contributed by atoms with Gasteiger partial charge >= 0.3 is 0 Å². The number of nitrogens with zero attached hydrogens (tertiary/aromatic N) is 1. The lowest BCUT2D eigenvalue weighted by Gasteiger charge is -2.09. The lowest BCUT2D eigenvalue weighted by atomic mass is 10.1. The highest BCUT2D eigenvalue weighted by atomic mass is 32.2. The van der Waals surface area contributed by atoms with Gasteiger partial charge in [-0.3, -0.25) is 4.79 Å². The van der Waals surface area contributed by atoms with Crippen molar-refractivity contribution in [2.24, 2.45) is 0 Å². The highest BCUT2D eigenvalue weighted by Gasteiger charge is 2.20. The number of aromatic amines is 1. The van der Waals surface area contributed by atoms with Crippen LogP contribution in [-0.2, 0) is 18.6 Å². The number of aryl methyl sites for hydroxylation is 1. The van der Waals surface area contributed by atoms with Crippen LogP contribution in [0.1, 0.15) is 21.8 Å². The Balaban J connectivity index is 1.79. The van der Waals surface area contributed by atoms with E-state index >= 15 is 0 Å². The minimum Gasteiger partial charge on any atom is -0.310 e. The topological polar surface area (TPSA) is 45.8 Å². The number of nitrogens with one attached hydrogen (secondary N) is 1. The minimum atomic E-state index is -0.274. The normalized spacial score (nSPS) is 14.2. The maximum Gasteiger partial charge on any atom is 0.259 e. The van der Waals surface area contributed by atoms with E-state index in [0.29, 0.717) is 12.2 Å². The fourth-order valence-electron chi connectivity index (χ4n) is 2.80. The van der Waals surface area contributed by atoms with Crippen molar-refractivity contribution in [3.05, 3.63) is 62.3 Å². The predicted molar refractivity (Wildman–Crippen MR) is 89.3 cm³/mol. The van der Waals surface area contributed by atoms with Crippen LogP contribution in [0.5, 0.6) is 0 Å². The van der Waals surface area contributed by atoms with Crippen LogP contribution in [0.15, 0.2) is 29.1 Å². The summed E-state index contributed by atoms with van der Waals surface area (Å²) in [5.41, 5.74) is 1.91. The molecular formula is C16H13FN2OS2. The maximum atomic E-state index is 13.3. The van der Waals surface area contributed by atoms with Gasteiger partial charge < -0.3 is 4.98 Å². The summed E-state index contributed by atoms with van der Waals surface area (Å²) >= 11 is 3.51. The first-order chi connectivity index (χ1) is 10.7. The van der Waals surface area contributed by atoms with Gasteiger partial charge in [-0.25, -0.2) is 9.37 Å². The SMILES string of the molecule is O=c1[nH]c(Cc2cccc(F)c2)nc2sc3c(c12)CCSC3. The number of thiophene rings is 1. The Morgan fingerprint density at radius 1 is 1.36 bits per heavy atom. The van der Waals surface area contributed by atoms with Gasteiger partial charge in [-0.1, -0.05) is 12.1 Å². The Morgan fingerprint density at radius 2 is 2.27 bits per heavy atom. The molecule has 2 aromatic heterocycles. The van der Waals surface area contributed by atoms with Gasteiger partial charge in [0, 0.05) is 17.1 Å². The molecule has 0 spiro atoms. The van der Waals surface area contributed by atoms with Gasteiger partial charge in [0.25, 0.3) is 5.56 Å². The molecule has 112 valence electrons. The monoisotopic (exact) mass is 332 g/mol. The minimum absolute atomic E-state index is 0.0687. The quantitative estimate of drug-likeness (QED) is 0.781. The summed E-state index contributed by atoms with van der Waals surface area (Å²) in [6.45, 7) is 0. The molecule has 0 atom stereocenters. The second-order valence-corrected chi connectivity index (χ2v) is 7.49. The lowest BCUT2D eigenvalue weighted by Crippen LogP contribution is -2.13. The fraction of sp³-hybridized carbons (Fsp3) is 0.250. The number of benzene rings is 1. The summed E-state index contributed by atoms with van der Waals surface area (Å²) in [5.74, 6) is 2.34. The molecule has 0 saturated carbocycles. The zero-order valence-corrected chi connectivity index (χ0v) is 13.3.